The third kappa shape index (κ3) is 2.50. The Kier molecular flexibility index (Phi) is 3.49. The summed E-state index contributed by atoms with van der Waals surface area (Å²) in [6.45, 7) is 2.04. The Morgan fingerprint density at radius 3 is 2.94 bits per heavy atom. The summed E-state index contributed by atoms with van der Waals surface area (Å²) >= 11 is 1.12. The van der Waals surface area contributed by atoms with Gasteiger partial charge in [-0.1, -0.05) is 12.1 Å². The average molecular weight is 251 g/mol. The van der Waals surface area contributed by atoms with Gasteiger partial charge < -0.3 is 4.74 Å². The lowest BCUT2D eigenvalue weighted by Crippen LogP contribution is -2.01. The second kappa shape index (κ2) is 5.05. The molecular formula is C12H10FNO2S. The first-order chi connectivity index (χ1) is 8.22. The molecular weight excluding hydrogens is 241 g/mol. The van der Waals surface area contributed by atoms with E-state index in [1.165, 1.54) is 12.3 Å². The van der Waals surface area contributed by atoms with Crippen LogP contribution in [0.1, 0.15) is 16.6 Å². The number of hydrogen-bond acceptors (Lipinski definition) is 4. The molecule has 2 rings (SSSR count). The Morgan fingerprint density at radius 2 is 2.24 bits per heavy atom. The van der Waals surface area contributed by atoms with E-state index in [0.29, 0.717) is 22.1 Å². The number of aromatic nitrogens is 1. The highest BCUT2D eigenvalue weighted by molar-refractivity contribution is 7.16. The first-order valence-corrected chi connectivity index (χ1v) is 5.92. The van der Waals surface area contributed by atoms with Crippen LogP contribution in [0.5, 0.6) is 0 Å². The van der Waals surface area contributed by atoms with E-state index in [0.717, 1.165) is 11.3 Å². The van der Waals surface area contributed by atoms with Crippen molar-refractivity contribution < 1.29 is 13.9 Å². The van der Waals surface area contributed by atoms with Crippen molar-refractivity contribution in [1.82, 2.24) is 4.98 Å². The quantitative estimate of drug-likeness (QED) is 0.787. The Morgan fingerprint density at radius 1 is 1.47 bits per heavy atom. The van der Waals surface area contributed by atoms with E-state index in [-0.39, 0.29) is 5.82 Å². The van der Waals surface area contributed by atoms with Crippen LogP contribution in [-0.2, 0) is 4.74 Å². The van der Waals surface area contributed by atoms with Gasteiger partial charge in [-0.15, -0.1) is 11.3 Å². The van der Waals surface area contributed by atoms with Crippen molar-refractivity contribution in [3.05, 3.63) is 41.2 Å². The van der Waals surface area contributed by atoms with E-state index < -0.39 is 5.97 Å². The molecule has 1 aromatic heterocycles. The van der Waals surface area contributed by atoms with Crippen LogP contribution in [0.4, 0.5) is 4.39 Å². The molecule has 0 aliphatic rings. The molecule has 0 unspecified atom stereocenters. The number of nitrogens with zero attached hydrogens (tertiary/aromatic N) is 1. The van der Waals surface area contributed by atoms with Crippen LogP contribution in [0.3, 0.4) is 0 Å². The third-order valence-corrected chi connectivity index (χ3v) is 3.10. The van der Waals surface area contributed by atoms with E-state index >= 15 is 0 Å². The van der Waals surface area contributed by atoms with Gasteiger partial charge in [-0.25, -0.2) is 14.2 Å². The van der Waals surface area contributed by atoms with Crippen LogP contribution in [0.15, 0.2) is 30.5 Å². The predicted molar refractivity (Wildman–Crippen MR) is 63.5 cm³/mol. The zero-order valence-corrected chi connectivity index (χ0v) is 9.96. The van der Waals surface area contributed by atoms with Crippen LogP contribution >= 0.6 is 11.3 Å². The van der Waals surface area contributed by atoms with Gasteiger partial charge in [0.05, 0.1) is 12.8 Å². The molecule has 0 aliphatic carbocycles. The second-order valence-electron chi connectivity index (χ2n) is 3.23. The van der Waals surface area contributed by atoms with Gasteiger partial charge in [0.1, 0.15) is 15.7 Å². The molecule has 0 spiro atoms. The van der Waals surface area contributed by atoms with Crippen molar-refractivity contribution in [3.8, 4) is 10.6 Å². The Bertz CT molecular complexity index is 539. The first kappa shape index (κ1) is 11.7. The van der Waals surface area contributed by atoms with Crippen molar-refractivity contribution in [3.63, 3.8) is 0 Å². The molecule has 5 heteroatoms. The molecule has 0 saturated heterocycles. The largest absolute Gasteiger partial charge is 0.462 e. The number of esters is 1. The smallest absolute Gasteiger partial charge is 0.349 e. The Balaban J connectivity index is 2.30. The summed E-state index contributed by atoms with van der Waals surface area (Å²) in [4.78, 5) is 15.8. The maximum absolute atomic E-state index is 13.5. The van der Waals surface area contributed by atoms with Crippen molar-refractivity contribution in [1.29, 1.82) is 0 Å². The van der Waals surface area contributed by atoms with Gasteiger partial charge in [-0.05, 0) is 19.1 Å². The van der Waals surface area contributed by atoms with Crippen LogP contribution in [-0.4, -0.2) is 17.6 Å². The fourth-order valence-electron chi connectivity index (χ4n) is 1.33. The molecule has 2 aromatic rings. The summed E-state index contributed by atoms with van der Waals surface area (Å²) in [5, 5.41) is 0.478. The molecule has 1 aromatic carbocycles. The molecule has 0 amide bonds. The van der Waals surface area contributed by atoms with E-state index in [1.807, 2.05) is 0 Å². The highest BCUT2D eigenvalue weighted by Crippen LogP contribution is 2.27. The van der Waals surface area contributed by atoms with Crippen molar-refractivity contribution >= 4 is 17.3 Å². The first-order valence-electron chi connectivity index (χ1n) is 5.10. The van der Waals surface area contributed by atoms with Crippen molar-refractivity contribution in [2.75, 3.05) is 6.61 Å². The lowest BCUT2D eigenvalue weighted by Gasteiger charge is -1.97. The summed E-state index contributed by atoms with van der Waals surface area (Å²) in [5.41, 5.74) is 0.396. The molecule has 17 heavy (non-hydrogen) atoms. The third-order valence-electron chi connectivity index (χ3n) is 2.09. The predicted octanol–water partition coefficient (Wildman–Crippen LogP) is 3.13. The number of hydrogen-bond donors (Lipinski definition) is 0. The van der Waals surface area contributed by atoms with Gasteiger partial charge in [0.2, 0.25) is 0 Å². The van der Waals surface area contributed by atoms with Gasteiger partial charge in [0.25, 0.3) is 0 Å². The zero-order chi connectivity index (χ0) is 12.3. The average Bonchev–Trinajstić information content (AvgIpc) is 2.79. The Hall–Kier alpha value is -1.75. The van der Waals surface area contributed by atoms with E-state index in [2.05, 4.69) is 4.98 Å². The monoisotopic (exact) mass is 251 g/mol. The lowest BCUT2D eigenvalue weighted by molar-refractivity contribution is 0.0532. The molecule has 88 valence electrons. The lowest BCUT2D eigenvalue weighted by atomic mass is 10.2. The van der Waals surface area contributed by atoms with Crippen molar-refractivity contribution in [2.24, 2.45) is 0 Å². The number of benzene rings is 1. The number of carbonyl (C=O) groups is 1. The van der Waals surface area contributed by atoms with Gasteiger partial charge in [0.15, 0.2) is 0 Å². The highest BCUT2D eigenvalue weighted by Gasteiger charge is 2.14. The summed E-state index contributed by atoms with van der Waals surface area (Å²) in [5.74, 6) is -0.773. The Labute approximate surface area is 102 Å². The summed E-state index contributed by atoms with van der Waals surface area (Å²) < 4.78 is 18.3. The summed E-state index contributed by atoms with van der Waals surface area (Å²) in [6.07, 6.45) is 1.41. The molecule has 0 atom stereocenters. The minimum atomic E-state index is -0.424. The standard InChI is InChI=1S/C12H10FNO2S/c1-2-16-12(15)10-7-14-11(17-10)8-5-3-4-6-9(8)13/h3-7H,2H2,1H3. The topological polar surface area (TPSA) is 39.2 Å². The molecule has 0 aliphatic heterocycles. The van der Waals surface area contributed by atoms with Crippen LogP contribution in [0, 0.1) is 5.82 Å². The van der Waals surface area contributed by atoms with Gasteiger partial charge in [-0.3, -0.25) is 0 Å². The fourth-order valence-corrected chi connectivity index (χ4v) is 2.17. The number of halogens is 1. The summed E-state index contributed by atoms with van der Waals surface area (Å²) in [7, 11) is 0. The van der Waals surface area contributed by atoms with Gasteiger partial charge in [0, 0.05) is 5.56 Å². The van der Waals surface area contributed by atoms with Crippen LogP contribution < -0.4 is 0 Å². The molecule has 3 nitrogen and oxygen atoms in total. The second-order valence-corrected chi connectivity index (χ2v) is 4.26. The fraction of sp³-hybridized carbons (Fsp3) is 0.167. The molecule has 0 radical (unpaired) electrons. The van der Waals surface area contributed by atoms with Crippen LogP contribution in [0.2, 0.25) is 0 Å². The molecule has 0 fully saturated rings. The number of thiazole rings is 1. The number of carbonyl (C=O) groups excluding carboxylic acids is 1. The van der Waals surface area contributed by atoms with Gasteiger partial charge in [-0.2, -0.15) is 0 Å². The van der Waals surface area contributed by atoms with Gasteiger partial charge >= 0.3 is 5.97 Å². The molecule has 0 N–H and O–H groups in total. The maximum Gasteiger partial charge on any atom is 0.349 e. The number of ether oxygens (including phenoxy) is 1. The molecule has 1 heterocycles. The van der Waals surface area contributed by atoms with E-state index in [4.69, 9.17) is 4.74 Å². The zero-order valence-electron chi connectivity index (χ0n) is 9.14. The minimum Gasteiger partial charge on any atom is -0.462 e. The van der Waals surface area contributed by atoms with Crippen LogP contribution in [0.25, 0.3) is 10.6 Å². The molecule has 0 bridgehead atoms. The summed E-state index contributed by atoms with van der Waals surface area (Å²) in [6, 6.07) is 6.33. The minimum absolute atomic E-state index is 0.311. The SMILES string of the molecule is CCOC(=O)c1cnc(-c2ccccc2F)s1. The normalized spacial score (nSPS) is 10.2. The molecule has 0 saturated carbocycles. The maximum atomic E-state index is 13.5. The number of rotatable bonds is 3. The van der Waals surface area contributed by atoms with Crippen molar-refractivity contribution in [2.45, 2.75) is 6.92 Å². The van der Waals surface area contributed by atoms with E-state index in [1.54, 1.807) is 25.1 Å². The highest BCUT2D eigenvalue weighted by atomic mass is 32.1. The van der Waals surface area contributed by atoms with E-state index in [9.17, 15) is 9.18 Å².